The summed E-state index contributed by atoms with van der Waals surface area (Å²) in [7, 11) is 1.47. The van der Waals surface area contributed by atoms with E-state index in [2.05, 4.69) is 30.0 Å². The van der Waals surface area contributed by atoms with Crippen molar-refractivity contribution in [2.75, 3.05) is 31.5 Å². The summed E-state index contributed by atoms with van der Waals surface area (Å²) in [6.07, 6.45) is 8.61. The normalized spacial score (nSPS) is 18.5. The average molecular weight is 406 g/mol. The number of nitrogens with two attached hydrogens (primary N) is 1. The number of amides is 1. The van der Waals surface area contributed by atoms with Crippen LogP contribution in [0.25, 0.3) is 0 Å². The van der Waals surface area contributed by atoms with Gasteiger partial charge in [0.1, 0.15) is 12.4 Å². The first-order valence-electron chi connectivity index (χ1n) is 8.54. The summed E-state index contributed by atoms with van der Waals surface area (Å²) in [6.45, 7) is 1.86. The Bertz CT molecular complexity index is 806. The lowest BCUT2D eigenvalue weighted by molar-refractivity contribution is 0.102. The third kappa shape index (κ3) is 6.24. The quantitative estimate of drug-likeness (QED) is 0.783. The number of hydrogen-bond acceptors (Lipinski definition) is 8. The van der Waals surface area contributed by atoms with Crippen LogP contribution < -0.4 is 11.1 Å². The van der Waals surface area contributed by atoms with Crippen molar-refractivity contribution >= 4 is 28.5 Å². The predicted molar refractivity (Wildman–Crippen MR) is 108 cm³/mol. The van der Waals surface area contributed by atoms with Crippen LogP contribution >= 0.6 is 11.8 Å². The fourth-order valence-electron chi connectivity index (χ4n) is 2.39. The molecule has 3 heterocycles. The summed E-state index contributed by atoms with van der Waals surface area (Å²) >= 11 is 1.55. The highest BCUT2D eigenvalue weighted by molar-refractivity contribution is 8.13. The van der Waals surface area contributed by atoms with Crippen molar-refractivity contribution in [1.82, 2.24) is 15.0 Å². The predicted octanol–water partition coefficient (Wildman–Crippen LogP) is 2.39. The van der Waals surface area contributed by atoms with Crippen LogP contribution in [0.1, 0.15) is 29.4 Å². The van der Waals surface area contributed by atoms with Crippen LogP contribution in [-0.2, 0) is 10.3 Å². The second-order valence-corrected chi connectivity index (χ2v) is 7.13. The number of carbonyl (C=O) groups excluding carboxylic acids is 1. The number of anilines is 1. The molecule has 2 aromatic rings. The molecule has 0 saturated heterocycles. The fraction of sp³-hybridized carbons (Fsp3) is 0.389. The van der Waals surface area contributed by atoms with Gasteiger partial charge in [-0.15, -0.1) is 0 Å². The van der Waals surface area contributed by atoms with Gasteiger partial charge in [-0.3, -0.25) is 19.8 Å². The Morgan fingerprint density at radius 2 is 2.18 bits per heavy atom. The highest BCUT2D eigenvalue weighted by Gasteiger charge is 2.30. The van der Waals surface area contributed by atoms with Gasteiger partial charge in [-0.2, -0.15) is 0 Å². The van der Waals surface area contributed by atoms with E-state index >= 15 is 0 Å². The number of hydrogen-bond donors (Lipinski definition) is 2. The molecule has 1 aliphatic heterocycles. The first kappa shape index (κ1) is 21.7. The number of pyridine rings is 1. The van der Waals surface area contributed by atoms with Crippen LogP contribution in [0.5, 0.6) is 0 Å². The van der Waals surface area contributed by atoms with Crippen molar-refractivity contribution < 1.29 is 13.9 Å². The fourth-order valence-corrected chi connectivity index (χ4v) is 3.36. The molecule has 1 atom stereocenters. The van der Waals surface area contributed by atoms with Crippen LogP contribution in [-0.4, -0.2) is 52.2 Å². The number of rotatable bonds is 5. The second-order valence-electron chi connectivity index (χ2n) is 6.01. The summed E-state index contributed by atoms with van der Waals surface area (Å²) in [5.74, 6) is 0.576. The Balaban J connectivity index is 0.000000500. The standard InChI is InChI=1S/C15H16N6OS.C3H7FO/c1-15(2-5-23-14(16)21-15)10-6-11(8-18-7-10)20-13(22)12-9-17-3-4-19-12;1-5-3-2-4/h3-4,6-9H,2,5H2,1H3,(H2,16,21)(H,20,22);2-3H2,1H3. The van der Waals surface area contributed by atoms with Crippen molar-refractivity contribution in [1.29, 1.82) is 0 Å². The van der Waals surface area contributed by atoms with E-state index in [0.29, 0.717) is 10.9 Å². The molecule has 0 aromatic carbocycles. The molecule has 0 spiro atoms. The van der Waals surface area contributed by atoms with Crippen LogP contribution in [0.3, 0.4) is 0 Å². The number of methoxy groups -OCH3 is 1. The lowest BCUT2D eigenvalue weighted by atomic mass is 9.91. The molecule has 1 amide bonds. The minimum absolute atomic E-state index is 0.222. The Kier molecular flexibility index (Phi) is 8.27. The summed E-state index contributed by atoms with van der Waals surface area (Å²) in [5, 5.41) is 3.35. The second kappa shape index (κ2) is 10.7. The molecule has 0 bridgehead atoms. The van der Waals surface area contributed by atoms with Gasteiger partial charge in [0.25, 0.3) is 5.91 Å². The largest absolute Gasteiger partial charge is 0.382 e. The van der Waals surface area contributed by atoms with E-state index in [9.17, 15) is 9.18 Å². The zero-order valence-electron chi connectivity index (χ0n) is 15.8. The highest BCUT2D eigenvalue weighted by Crippen LogP contribution is 2.35. The first-order valence-corrected chi connectivity index (χ1v) is 9.53. The van der Waals surface area contributed by atoms with Gasteiger partial charge in [0, 0.05) is 31.5 Å². The molecule has 0 radical (unpaired) electrons. The van der Waals surface area contributed by atoms with E-state index in [1.165, 1.54) is 25.7 Å². The molecule has 150 valence electrons. The first-order chi connectivity index (χ1) is 13.5. The molecule has 1 unspecified atom stereocenters. The number of aliphatic imine (C=N–C) groups is 1. The van der Waals surface area contributed by atoms with Gasteiger partial charge in [-0.25, -0.2) is 9.37 Å². The smallest absolute Gasteiger partial charge is 0.275 e. The monoisotopic (exact) mass is 406 g/mol. The van der Waals surface area contributed by atoms with Crippen LogP contribution in [0, 0.1) is 0 Å². The minimum Gasteiger partial charge on any atom is -0.382 e. The third-order valence-electron chi connectivity index (χ3n) is 3.89. The van der Waals surface area contributed by atoms with E-state index in [4.69, 9.17) is 5.73 Å². The van der Waals surface area contributed by atoms with Gasteiger partial charge >= 0.3 is 0 Å². The van der Waals surface area contributed by atoms with E-state index in [1.54, 1.807) is 24.2 Å². The van der Waals surface area contributed by atoms with Crippen molar-refractivity contribution in [3.63, 3.8) is 0 Å². The summed E-state index contributed by atoms with van der Waals surface area (Å²) in [4.78, 5) is 28.8. The number of aromatic nitrogens is 3. The van der Waals surface area contributed by atoms with E-state index in [0.717, 1.165) is 17.7 Å². The van der Waals surface area contributed by atoms with Gasteiger partial charge in [-0.1, -0.05) is 11.8 Å². The van der Waals surface area contributed by atoms with Crippen molar-refractivity contribution in [2.45, 2.75) is 18.9 Å². The van der Waals surface area contributed by atoms with Crippen molar-refractivity contribution in [3.05, 3.63) is 48.3 Å². The lowest BCUT2D eigenvalue weighted by Gasteiger charge is -2.29. The minimum atomic E-state index is -0.421. The Labute approximate surface area is 167 Å². The maximum atomic E-state index is 12.1. The van der Waals surface area contributed by atoms with Gasteiger partial charge in [-0.05, 0) is 25.0 Å². The topological polar surface area (TPSA) is 115 Å². The summed E-state index contributed by atoms with van der Waals surface area (Å²) in [5.41, 5.74) is 7.18. The average Bonchev–Trinajstić information content (AvgIpc) is 2.70. The van der Waals surface area contributed by atoms with Gasteiger partial charge < -0.3 is 15.8 Å². The zero-order chi connectivity index (χ0) is 20.4. The molecular formula is C18H23FN6O2S. The molecular weight excluding hydrogens is 383 g/mol. The molecule has 2 aromatic heterocycles. The molecule has 3 N–H and O–H groups in total. The highest BCUT2D eigenvalue weighted by atomic mass is 32.2. The van der Waals surface area contributed by atoms with Gasteiger partial charge in [0.15, 0.2) is 5.17 Å². The number of thioether (sulfide) groups is 1. The molecule has 3 rings (SSSR count). The zero-order valence-corrected chi connectivity index (χ0v) is 16.6. The maximum absolute atomic E-state index is 12.1. The van der Waals surface area contributed by atoms with E-state index < -0.39 is 5.54 Å². The third-order valence-corrected chi connectivity index (χ3v) is 4.69. The summed E-state index contributed by atoms with van der Waals surface area (Å²) < 4.78 is 15.2. The van der Waals surface area contributed by atoms with Gasteiger partial charge in [0.05, 0.1) is 30.2 Å². The number of alkyl halides is 1. The maximum Gasteiger partial charge on any atom is 0.275 e. The van der Waals surface area contributed by atoms with E-state index in [-0.39, 0.29) is 24.9 Å². The Morgan fingerprint density at radius 3 is 2.79 bits per heavy atom. The van der Waals surface area contributed by atoms with Crippen molar-refractivity contribution in [3.8, 4) is 0 Å². The van der Waals surface area contributed by atoms with Crippen LogP contribution in [0.4, 0.5) is 10.1 Å². The number of halogens is 1. The molecule has 0 aliphatic carbocycles. The molecule has 28 heavy (non-hydrogen) atoms. The summed E-state index contributed by atoms with van der Waals surface area (Å²) in [6, 6.07) is 1.87. The van der Waals surface area contributed by atoms with Crippen LogP contribution in [0.2, 0.25) is 0 Å². The molecule has 0 saturated carbocycles. The van der Waals surface area contributed by atoms with Crippen LogP contribution in [0.15, 0.2) is 42.0 Å². The molecule has 0 fully saturated rings. The lowest BCUT2D eigenvalue weighted by Crippen LogP contribution is -2.29. The SMILES string of the molecule is CC1(c2cncc(NC(=O)c3cnccn3)c2)CCSC(N)=N1.COCCF. The Morgan fingerprint density at radius 1 is 1.36 bits per heavy atom. The van der Waals surface area contributed by atoms with Crippen molar-refractivity contribution in [2.24, 2.45) is 10.7 Å². The molecule has 1 aliphatic rings. The van der Waals surface area contributed by atoms with E-state index in [1.807, 2.05) is 13.0 Å². The molecule has 8 nitrogen and oxygen atoms in total. The number of carbonyl (C=O) groups is 1. The number of nitrogens with one attached hydrogen (secondary N) is 1. The number of nitrogens with zero attached hydrogens (tertiary/aromatic N) is 4. The molecule has 10 heteroatoms. The van der Waals surface area contributed by atoms with Gasteiger partial charge in [0.2, 0.25) is 0 Å². The Hall–Kier alpha value is -2.59. The number of ether oxygens (including phenoxy) is 1. The number of amidine groups is 1.